The fourth-order valence-electron chi connectivity index (χ4n) is 3.27. The normalized spacial score (nSPS) is 21.4. The van der Waals surface area contributed by atoms with E-state index in [0.29, 0.717) is 6.54 Å². The molecule has 1 saturated carbocycles. The largest absolute Gasteiger partial charge is 0.342 e. The second-order valence-electron chi connectivity index (χ2n) is 6.56. The van der Waals surface area contributed by atoms with Crippen molar-refractivity contribution in [1.29, 1.82) is 0 Å². The molecule has 0 bridgehead atoms. The van der Waals surface area contributed by atoms with Crippen molar-refractivity contribution >= 4 is 38.9 Å². The van der Waals surface area contributed by atoms with Crippen LogP contribution < -0.4 is 5.32 Å². The second-order valence-corrected chi connectivity index (χ2v) is 7.51. The summed E-state index contributed by atoms with van der Waals surface area (Å²) >= 11 is 1.70. The van der Waals surface area contributed by atoms with Gasteiger partial charge in [0.15, 0.2) is 0 Å². The van der Waals surface area contributed by atoms with E-state index < -0.39 is 0 Å². The molecule has 4 nitrogen and oxygen atoms in total. The number of nitrogens with one attached hydrogen (secondary N) is 1. The van der Waals surface area contributed by atoms with E-state index in [1.807, 2.05) is 23.1 Å². The molecule has 4 rings (SSSR count). The minimum atomic E-state index is -0.0929. The lowest BCUT2D eigenvalue weighted by Crippen LogP contribution is -2.44. The van der Waals surface area contributed by atoms with Gasteiger partial charge < -0.3 is 10.2 Å². The van der Waals surface area contributed by atoms with E-state index >= 15 is 0 Å². The lowest BCUT2D eigenvalue weighted by molar-refractivity contribution is -0.135. The zero-order valence-corrected chi connectivity index (χ0v) is 13.8. The molecule has 1 aromatic carbocycles. The minimum absolute atomic E-state index is 0.0351. The average molecular weight is 328 g/mol. The number of benzene rings is 1. The Labute approximate surface area is 139 Å². The summed E-state index contributed by atoms with van der Waals surface area (Å²) < 4.78 is 1.22. The Kier molecular flexibility index (Phi) is 3.81. The molecule has 2 amide bonds. The van der Waals surface area contributed by atoms with Crippen LogP contribution in [0, 0.1) is 11.8 Å². The highest BCUT2D eigenvalue weighted by Gasteiger charge is 2.36. The average Bonchev–Trinajstić information content (AvgIpc) is 3.32. The van der Waals surface area contributed by atoms with Gasteiger partial charge in [-0.15, -0.1) is 11.3 Å². The number of carbonyl (C=O) groups excluding carboxylic acids is 2. The maximum absolute atomic E-state index is 12.5. The third kappa shape index (κ3) is 3.11. The molecule has 0 radical (unpaired) electrons. The molecule has 1 atom stereocenters. The van der Waals surface area contributed by atoms with Crippen molar-refractivity contribution < 1.29 is 9.59 Å². The van der Waals surface area contributed by atoms with Crippen LogP contribution >= 0.6 is 11.3 Å². The molecule has 120 valence electrons. The molecule has 1 aromatic heterocycles. The van der Waals surface area contributed by atoms with Crippen molar-refractivity contribution in [3.8, 4) is 0 Å². The van der Waals surface area contributed by atoms with Gasteiger partial charge in [-0.2, -0.15) is 0 Å². The number of anilines is 1. The summed E-state index contributed by atoms with van der Waals surface area (Å²) in [5, 5.41) is 6.23. The van der Waals surface area contributed by atoms with E-state index in [0.717, 1.165) is 43.3 Å². The number of hydrogen-bond acceptors (Lipinski definition) is 3. The number of hydrogen-bond donors (Lipinski definition) is 1. The number of amides is 2. The summed E-state index contributed by atoms with van der Waals surface area (Å²) in [5.74, 6) is 0.428. The van der Waals surface area contributed by atoms with Gasteiger partial charge in [-0.3, -0.25) is 9.59 Å². The first-order chi connectivity index (χ1) is 11.2. The molecule has 1 aliphatic heterocycles. The summed E-state index contributed by atoms with van der Waals surface area (Å²) in [6.45, 7) is 1.38. The highest BCUT2D eigenvalue weighted by atomic mass is 32.1. The van der Waals surface area contributed by atoms with Gasteiger partial charge in [0.2, 0.25) is 11.8 Å². The van der Waals surface area contributed by atoms with Crippen molar-refractivity contribution in [2.24, 2.45) is 11.8 Å². The van der Waals surface area contributed by atoms with Crippen LogP contribution in [-0.2, 0) is 9.59 Å². The molecule has 1 aliphatic carbocycles. The fourth-order valence-corrected chi connectivity index (χ4v) is 4.04. The summed E-state index contributed by atoms with van der Waals surface area (Å²) in [6, 6.07) is 8.07. The van der Waals surface area contributed by atoms with Crippen molar-refractivity contribution in [1.82, 2.24) is 4.90 Å². The van der Waals surface area contributed by atoms with Crippen LogP contribution in [0.15, 0.2) is 29.6 Å². The lowest BCUT2D eigenvalue weighted by atomic mass is 9.96. The van der Waals surface area contributed by atoms with Gasteiger partial charge in [0.25, 0.3) is 0 Å². The number of likely N-dealkylation sites (tertiary alicyclic amines) is 1. The molecular formula is C18H20N2O2S. The van der Waals surface area contributed by atoms with Gasteiger partial charge in [0, 0.05) is 29.4 Å². The molecule has 1 N–H and O–H groups in total. The lowest BCUT2D eigenvalue weighted by Gasteiger charge is -2.32. The van der Waals surface area contributed by atoms with Crippen LogP contribution in [0.2, 0.25) is 0 Å². The van der Waals surface area contributed by atoms with E-state index in [-0.39, 0.29) is 23.7 Å². The van der Waals surface area contributed by atoms with E-state index in [9.17, 15) is 9.59 Å². The number of rotatable bonds is 3. The van der Waals surface area contributed by atoms with E-state index in [2.05, 4.69) is 16.8 Å². The standard InChI is InChI=1S/C18H20N2O2S/c21-17(19-15-5-6-16-13(10-15)7-9-23-16)14-2-1-8-20(11-14)18(22)12-3-4-12/h5-7,9-10,12,14H,1-4,8,11H2,(H,19,21)/t14-/m1/s1. The second kappa shape index (κ2) is 5.96. The Hall–Kier alpha value is -1.88. The predicted octanol–water partition coefficient (Wildman–Crippen LogP) is 3.49. The van der Waals surface area contributed by atoms with Crippen LogP contribution in [0.3, 0.4) is 0 Å². The molecule has 0 spiro atoms. The number of carbonyl (C=O) groups is 2. The van der Waals surface area contributed by atoms with Crippen LogP contribution in [0.1, 0.15) is 25.7 Å². The molecule has 5 heteroatoms. The van der Waals surface area contributed by atoms with Crippen molar-refractivity contribution in [3.63, 3.8) is 0 Å². The summed E-state index contributed by atoms with van der Waals surface area (Å²) in [6.07, 6.45) is 3.82. The topological polar surface area (TPSA) is 49.4 Å². The van der Waals surface area contributed by atoms with E-state index in [1.54, 1.807) is 11.3 Å². The molecule has 2 aromatic rings. The zero-order chi connectivity index (χ0) is 15.8. The number of fused-ring (bicyclic) bond motifs is 1. The summed E-state index contributed by atoms with van der Waals surface area (Å²) in [7, 11) is 0. The first kappa shape index (κ1) is 14.7. The van der Waals surface area contributed by atoms with E-state index in [4.69, 9.17) is 0 Å². The molecule has 2 fully saturated rings. The highest BCUT2D eigenvalue weighted by molar-refractivity contribution is 7.17. The Balaban J connectivity index is 1.42. The van der Waals surface area contributed by atoms with Crippen molar-refractivity contribution in [2.75, 3.05) is 18.4 Å². The number of nitrogens with zero attached hydrogens (tertiary/aromatic N) is 1. The molecule has 23 heavy (non-hydrogen) atoms. The molecular weight excluding hydrogens is 308 g/mol. The van der Waals surface area contributed by atoms with Gasteiger partial charge >= 0.3 is 0 Å². The van der Waals surface area contributed by atoms with Gasteiger partial charge in [0.05, 0.1) is 5.92 Å². The maximum Gasteiger partial charge on any atom is 0.229 e. The molecule has 0 unspecified atom stereocenters. The zero-order valence-electron chi connectivity index (χ0n) is 13.0. The smallest absolute Gasteiger partial charge is 0.229 e. The van der Waals surface area contributed by atoms with Crippen molar-refractivity contribution in [3.05, 3.63) is 29.6 Å². The van der Waals surface area contributed by atoms with Crippen LogP contribution in [0.4, 0.5) is 5.69 Å². The summed E-state index contributed by atoms with van der Waals surface area (Å²) in [4.78, 5) is 26.6. The first-order valence-electron chi connectivity index (χ1n) is 8.27. The quantitative estimate of drug-likeness (QED) is 0.937. The number of thiophene rings is 1. The van der Waals surface area contributed by atoms with E-state index in [1.165, 1.54) is 4.70 Å². The summed E-state index contributed by atoms with van der Waals surface area (Å²) in [5.41, 5.74) is 0.839. The number of piperidine rings is 1. The molecule has 2 heterocycles. The fraction of sp³-hybridized carbons (Fsp3) is 0.444. The van der Waals surface area contributed by atoms with Crippen LogP contribution in [0.25, 0.3) is 10.1 Å². The third-order valence-electron chi connectivity index (χ3n) is 4.75. The molecule has 2 aliphatic rings. The Morgan fingerprint density at radius 1 is 1.13 bits per heavy atom. The Morgan fingerprint density at radius 2 is 2.00 bits per heavy atom. The van der Waals surface area contributed by atoms with Crippen LogP contribution in [0.5, 0.6) is 0 Å². The van der Waals surface area contributed by atoms with Gasteiger partial charge in [-0.05, 0) is 60.7 Å². The molecule has 1 saturated heterocycles. The third-order valence-corrected chi connectivity index (χ3v) is 5.65. The van der Waals surface area contributed by atoms with Gasteiger partial charge in [-0.1, -0.05) is 0 Å². The minimum Gasteiger partial charge on any atom is -0.342 e. The van der Waals surface area contributed by atoms with Crippen molar-refractivity contribution in [2.45, 2.75) is 25.7 Å². The monoisotopic (exact) mass is 328 g/mol. The van der Waals surface area contributed by atoms with Gasteiger partial charge in [0.1, 0.15) is 0 Å². The van der Waals surface area contributed by atoms with Crippen LogP contribution in [-0.4, -0.2) is 29.8 Å². The van der Waals surface area contributed by atoms with Gasteiger partial charge in [-0.25, -0.2) is 0 Å². The predicted molar refractivity (Wildman–Crippen MR) is 92.5 cm³/mol. The highest BCUT2D eigenvalue weighted by Crippen LogP contribution is 2.32. The SMILES string of the molecule is O=C(Nc1ccc2sccc2c1)[C@@H]1CCCN(C(=O)C2CC2)C1. The maximum atomic E-state index is 12.5. The Bertz CT molecular complexity index is 750. The Morgan fingerprint density at radius 3 is 2.83 bits per heavy atom. The first-order valence-corrected chi connectivity index (χ1v) is 9.15.